The SMILES string of the molecule is C[C@H](NC(=O)c1cc(C2CC2)on1)c1ccccc1. The molecule has 19 heavy (non-hydrogen) atoms. The Bertz CT molecular complexity index is 573. The monoisotopic (exact) mass is 256 g/mol. The van der Waals surface area contributed by atoms with Crippen LogP contribution in [-0.2, 0) is 0 Å². The summed E-state index contributed by atoms with van der Waals surface area (Å²) in [6.45, 7) is 1.95. The third-order valence-electron chi connectivity index (χ3n) is 3.39. The average Bonchev–Trinajstić information content (AvgIpc) is 3.17. The van der Waals surface area contributed by atoms with Gasteiger partial charge in [0.2, 0.25) is 0 Å². The minimum Gasteiger partial charge on any atom is -0.360 e. The van der Waals surface area contributed by atoms with Gasteiger partial charge in [-0.05, 0) is 25.3 Å². The molecule has 0 radical (unpaired) electrons. The maximum absolute atomic E-state index is 12.1. The Morgan fingerprint density at radius 1 is 1.37 bits per heavy atom. The molecular weight excluding hydrogens is 240 g/mol. The third-order valence-corrected chi connectivity index (χ3v) is 3.39. The molecule has 4 heteroatoms. The van der Waals surface area contributed by atoms with E-state index in [1.165, 1.54) is 0 Å². The quantitative estimate of drug-likeness (QED) is 0.914. The fraction of sp³-hybridized carbons (Fsp3) is 0.333. The largest absolute Gasteiger partial charge is 0.360 e. The van der Waals surface area contributed by atoms with Crippen molar-refractivity contribution in [1.82, 2.24) is 10.5 Å². The highest BCUT2D eigenvalue weighted by molar-refractivity contribution is 5.92. The maximum Gasteiger partial charge on any atom is 0.273 e. The minimum atomic E-state index is -0.188. The summed E-state index contributed by atoms with van der Waals surface area (Å²) in [5.74, 6) is 1.12. The number of hydrogen-bond acceptors (Lipinski definition) is 3. The molecule has 98 valence electrons. The van der Waals surface area contributed by atoms with Crippen molar-refractivity contribution in [2.75, 3.05) is 0 Å². The number of carbonyl (C=O) groups excluding carboxylic acids is 1. The molecule has 4 nitrogen and oxygen atoms in total. The summed E-state index contributed by atoms with van der Waals surface area (Å²) in [6.07, 6.45) is 2.27. The van der Waals surface area contributed by atoms with E-state index in [4.69, 9.17) is 4.52 Å². The molecule has 1 saturated carbocycles. The van der Waals surface area contributed by atoms with Crippen molar-refractivity contribution in [1.29, 1.82) is 0 Å². The number of nitrogens with one attached hydrogen (secondary N) is 1. The van der Waals surface area contributed by atoms with E-state index in [1.807, 2.05) is 37.3 Å². The zero-order valence-corrected chi connectivity index (χ0v) is 10.8. The fourth-order valence-electron chi connectivity index (χ4n) is 2.05. The molecule has 1 aliphatic rings. The van der Waals surface area contributed by atoms with E-state index in [9.17, 15) is 4.79 Å². The van der Waals surface area contributed by atoms with Gasteiger partial charge in [-0.2, -0.15) is 0 Å². The number of aromatic nitrogens is 1. The van der Waals surface area contributed by atoms with Gasteiger partial charge in [0.25, 0.3) is 5.91 Å². The summed E-state index contributed by atoms with van der Waals surface area (Å²) in [5.41, 5.74) is 1.44. The van der Waals surface area contributed by atoms with E-state index in [-0.39, 0.29) is 11.9 Å². The van der Waals surface area contributed by atoms with Crippen molar-refractivity contribution in [3.8, 4) is 0 Å². The molecule has 0 unspecified atom stereocenters. The van der Waals surface area contributed by atoms with Crippen LogP contribution in [0.2, 0.25) is 0 Å². The molecule has 0 spiro atoms. The molecule has 0 aliphatic heterocycles. The van der Waals surface area contributed by atoms with Crippen molar-refractivity contribution in [3.05, 3.63) is 53.4 Å². The van der Waals surface area contributed by atoms with Gasteiger partial charge < -0.3 is 9.84 Å². The number of nitrogens with zero attached hydrogens (tertiary/aromatic N) is 1. The first-order chi connectivity index (χ1) is 9.24. The summed E-state index contributed by atoms with van der Waals surface area (Å²) in [6, 6.07) is 11.6. The summed E-state index contributed by atoms with van der Waals surface area (Å²) in [7, 11) is 0. The Hall–Kier alpha value is -2.10. The maximum atomic E-state index is 12.1. The van der Waals surface area contributed by atoms with Gasteiger partial charge in [-0.25, -0.2) is 0 Å². The van der Waals surface area contributed by atoms with Crippen molar-refractivity contribution in [2.45, 2.75) is 31.7 Å². The van der Waals surface area contributed by atoms with Gasteiger partial charge in [0.15, 0.2) is 5.69 Å². The molecule has 1 aromatic heterocycles. The lowest BCUT2D eigenvalue weighted by molar-refractivity contribution is 0.0930. The van der Waals surface area contributed by atoms with Crippen LogP contribution < -0.4 is 5.32 Å². The number of rotatable bonds is 4. The second-order valence-corrected chi connectivity index (χ2v) is 4.99. The minimum absolute atomic E-state index is 0.0465. The van der Waals surface area contributed by atoms with Crippen molar-refractivity contribution in [2.24, 2.45) is 0 Å². The molecule has 2 aromatic rings. The number of carbonyl (C=O) groups is 1. The van der Waals surface area contributed by atoms with E-state index in [2.05, 4.69) is 10.5 Å². The number of benzene rings is 1. The van der Waals surface area contributed by atoms with E-state index in [0.717, 1.165) is 24.2 Å². The highest BCUT2D eigenvalue weighted by Crippen LogP contribution is 2.40. The molecular formula is C15H16N2O2. The van der Waals surface area contributed by atoms with E-state index in [0.29, 0.717) is 11.6 Å². The predicted molar refractivity (Wildman–Crippen MR) is 70.8 cm³/mol. The lowest BCUT2D eigenvalue weighted by atomic mass is 10.1. The molecule has 1 atom stereocenters. The van der Waals surface area contributed by atoms with Gasteiger partial charge in [-0.15, -0.1) is 0 Å². The summed E-state index contributed by atoms with van der Waals surface area (Å²) < 4.78 is 5.19. The topological polar surface area (TPSA) is 55.1 Å². The standard InChI is InChI=1S/C15H16N2O2/c1-10(11-5-3-2-4-6-11)16-15(18)13-9-14(19-17-13)12-7-8-12/h2-6,9-10,12H,7-8H2,1H3,(H,16,18)/t10-/m0/s1. The van der Waals surface area contributed by atoms with Crippen LogP contribution >= 0.6 is 0 Å². The second kappa shape index (κ2) is 4.88. The van der Waals surface area contributed by atoms with Crippen LogP contribution in [-0.4, -0.2) is 11.1 Å². The number of hydrogen-bond donors (Lipinski definition) is 1. The van der Waals surface area contributed by atoms with Crippen molar-refractivity contribution < 1.29 is 9.32 Å². The Labute approximate surface area is 111 Å². The Balaban J connectivity index is 1.66. The van der Waals surface area contributed by atoms with Gasteiger partial charge >= 0.3 is 0 Å². The molecule has 0 saturated heterocycles. The highest BCUT2D eigenvalue weighted by atomic mass is 16.5. The van der Waals surface area contributed by atoms with Crippen LogP contribution in [0.3, 0.4) is 0 Å². The average molecular weight is 256 g/mol. The first-order valence-electron chi connectivity index (χ1n) is 6.56. The molecule has 1 N–H and O–H groups in total. The van der Waals surface area contributed by atoms with Crippen molar-refractivity contribution >= 4 is 5.91 Å². The number of amides is 1. The van der Waals surface area contributed by atoms with Gasteiger partial charge in [0, 0.05) is 12.0 Å². The lowest BCUT2D eigenvalue weighted by Gasteiger charge is -2.12. The van der Waals surface area contributed by atoms with Crippen LogP contribution in [0.15, 0.2) is 40.9 Å². The molecule has 1 amide bonds. The lowest BCUT2D eigenvalue weighted by Crippen LogP contribution is -2.26. The van der Waals surface area contributed by atoms with E-state index >= 15 is 0 Å². The molecule has 0 bridgehead atoms. The van der Waals surface area contributed by atoms with E-state index in [1.54, 1.807) is 6.07 Å². The van der Waals surface area contributed by atoms with Crippen molar-refractivity contribution in [3.63, 3.8) is 0 Å². The third kappa shape index (κ3) is 2.67. The molecule has 1 fully saturated rings. The summed E-state index contributed by atoms with van der Waals surface area (Å²) in [5, 5.41) is 6.76. The first-order valence-corrected chi connectivity index (χ1v) is 6.56. The van der Waals surface area contributed by atoms with Crippen LogP contribution in [0.1, 0.15) is 53.5 Å². The summed E-state index contributed by atoms with van der Waals surface area (Å²) in [4.78, 5) is 12.1. The fourth-order valence-corrected chi connectivity index (χ4v) is 2.05. The molecule has 3 rings (SSSR count). The molecule has 1 heterocycles. The van der Waals surface area contributed by atoms with Gasteiger partial charge in [-0.1, -0.05) is 35.5 Å². The van der Waals surface area contributed by atoms with Crippen LogP contribution in [0, 0.1) is 0 Å². The summed E-state index contributed by atoms with van der Waals surface area (Å²) >= 11 is 0. The Kier molecular flexibility index (Phi) is 3.07. The zero-order valence-electron chi connectivity index (χ0n) is 10.8. The normalized spacial score (nSPS) is 16.1. The second-order valence-electron chi connectivity index (χ2n) is 4.99. The molecule has 1 aliphatic carbocycles. The van der Waals surface area contributed by atoms with Gasteiger partial charge in [-0.3, -0.25) is 4.79 Å². The van der Waals surface area contributed by atoms with Crippen LogP contribution in [0.25, 0.3) is 0 Å². The zero-order chi connectivity index (χ0) is 13.2. The van der Waals surface area contributed by atoms with Crippen LogP contribution in [0.5, 0.6) is 0 Å². The first kappa shape index (κ1) is 12.0. The van der Waals surface area contributed by atoms with Gasteiger partial charge in [0.1, 0.15) is 5.76 Å². The highest BCUT2D eigenvalue weighted by Gasteiger charge is 2.29. The van der Waals surface area contributed by atoms with Gasteiger partial charge in [0.05, 0.1) is 6.04 Å². The smallest absolute Gasteiger partial charge is 0.273 e. The Morgan fingerprint density at radius 3 is 2.79 bits per heavy atom. The molecule has 1 aromatic carbocycles. The van der Waals surface area contributed by atoms with Crippen LogP contribution in [0.4, 0.5) is 0 Å². The Morgan fingerprint density at radius 2 is 2.11 bits per heavy atom. The predicted octanol–water partition coefficient (Wildman–Crippen LogP) is 3.04. The van der Waals surface area contributed by atoms with E-state index < -0.39 is 0 Å².